The maximum atomic E-state index is 6.14. The Labute approximate surface area is 117 Å². The first kappa shape index (κ1) is 13.0. The molecule has 1 aromatic rings. The lowest BCUT2D eigenvalue weighted by Crippen LogP contribution is -2.33. The minimum Gasteiger partial charge on any atom is -0.493 e. The first-order chi connectivity index (χ1) is 9.07. The third-order valence-corrected chi connectivity index (χ3v) is 5.04. The van der Waals surface area contributed by atoms with Crippen LogP contribution in [0.4, 0.5) is 0 Å². The van der Waals surface area contributed by atoms with Crippen molar-refractivity contribution in [2.24, 2.45) is 17.3 Å². The van der Waals surface area contributed by atoms with Crippen molar-refractivity contribution < 1.29 is 4.74 Å². The van der Waals surface area contributed by atoms with Gasteiger partial charge in [-0.05, 0) is 47.6 Å². The molecular weight excluding hydrogens is 232 g/mol. The molecule has 0 radical (unpaired) electrons. The van der Waals surface area contributed by atoms with Crippen LogP contribution in [-0.4, -0.2) is 6.61 Å². The largest absolute Gasteiger partial charge is 0.493 e. The lowest BCUT2D eigenvalue weighted by molar-refractivity contribution is 0.109. The van der Waals surface area contributed by atoms with Gasteiger partial charge in [-0.2, -0.15) is 0 Å². The standard InChI is InChI=1S/C18H26O/c1-18(2,3)17-14-9-5-4-8-13(14)12-19-16-11-7-6-10-15(16)17/h6-7,10-11,13-14,17H,4-5,8-9,12H2,1-3H3. The van der Waals surface area contributed by atoms with E-state index in [2.05, 4.69) is 45.0 Å². The molecule has 1 nitrogen and oxygen atoms in total. The summed E-state index contributed by atoms with van der Waals surface area (Å²) in [7, 11) is 0. The van der Waals surface area contributed by atoms with E-state index in [1.54, 1.807) is 0 Å². The van der Waals surface area contributed by atoms with Crippen LogP contribution in [0.1, 0.15) is 57.9 Å². The Balaban J connectivity index is 2.07. The number of ether oxygens (including phenoxy) is 1. The van der Waals surface area contributed by atoms with Crippen LogP contribution in [0.3, 0.4) is 0 Å². The Kier molecular flexibility index (Phi) is 3.32. The normalized spacial score (nSPS) is 30.8. The Morgan fingerprint density at radius 3 is 2.58 bits per heavy atom. The summed E-state index contributed by atoms with van der Waals surface area (Å²) in [5.74, 6) is 3.33. The molecule has 0 aromatic heterocycles. The minimum atomic E-state index is 0.310. The highest BCUT2D eigenvalue weighted by Gasteiger charge is 2.42. The van der Waals surface area contributed by atoms with Crippen molar-refractivity contribution in [3.05, 3.63) is 29.8 Å². The van der Waals surface area contributed by atoms with Crippen molar-refractivity contribution in [3.8, 4) is 5.75 Å². The van der Waals surface area contributed by atoms with Crippen molar-refractivity contribution in [1.82, 2.24) is 0 Å². The van der Waals surface area contributed by atoms with Crippen LogP contribution in [0.15, 0.2) is 24.3 Å². The van der Waals surface area contributed by atoms with Crippen LogP contribution in [0.2, 0.25) is 0 Å². The molecule has 1 heterocycles. The van der Waals surface area contributed by atoms with E-state index in [4.69, 9.17) is 4.74 Å². The van der Waals surface area contributed by atoms with E-state index >= 15 is 0 Å². The summed E-state index contributed by atoms with van der Waals surface area (Å²) in [4.78, 5) is 0. The molecule has 1 saturated carbocycles. The van der Waals surface area contributed by atoms with Crippen LogP contribution in [0.25, 0.3) is 0 Å². The fourth-order valence-corrected chi connectivity index (χ4v) is 4.29. The van der Waals surface area contributed by atoms with Gasteiger partial charge in [0, 0.05) is 0 Å². The molecule has 1 aliphatic carbocycles. The molecule has 0 saturated heterocycles. The third-order valence-electron chi connectivity index (χ3n) is 5.04. The van der Waals surface area contributed by atoms with Crippen molar-refractivity contribution in [3.63, 3.8) is 0 Å². The van der Waals surface area contributed by atoms with E-state index in [-0.39, 0.29) is 0 Å². The van der Waals surface area contributed by atoms with Gasteiger partial charge < -0.3 is 4.74 Å². The van der Waals surface area contributed by atoms with Crippen molar-refractivity contribution in [2.45, 2.75) is 52.4 Å². The minimum absolute atomic E-state index is 0.310. The van der Waals surface area contributed by atoms with E-state index in [0.29, 0.717) is 11.3 Å². The molecule has 19 heavy (non-hydrogen) atoms. The zero-order chi connectivity index (χ0) is 13.5. The predicted octanol–water partition coefficient (Wildman–Crippen LogP) is 5.02. The molecule has 0 N–H and O–H groups in total. The number of hydrogen-bond acceptors (Lipinski definition) is 1. The number of benzene rings is 1. The fraction of sp³-hybridized carbons (Fsp3) is 0.667. The molecular formula is C18H26O. The molecule has 1 aliphatic heterocycles. The zero-order valence-corrected chi connectivity index (χ0v) is 12.5. The SMILES string of the molecule is CC(C)(C)C1c2ccccc2OCC2CCCCC21. The first-order valence-corrected chi connectivity index (χ1v) is 7.79. The van der Waals surface area contributed by atoms with Gasteiger partial charge in [-0.1, -0.05) is 51.8 Å². The topological polar surface area (TPSA) is 9.23 Å². The second kappa shape index (κ2) is 4.85. The maximum absolute atomic E-state index is 6.14. The summed E-state index contributed by atoms with van der Waals surface area (Å²) in [5, 5.41) is 0. The summed E-state index contributed by atoms with van der Waals surface area (Å²) in [6.07, 6.45) is 5.52. The van der Waals surface area contributed by atoms with Crippen LogP contribution in [0, 0.1) is 17.3 Å². The summed E-state index contributed by atoms with van der Waals surface area (Å²) in [6, 6.07) is 8.73. The quantitative estimate of drug-likeness (QED) is 0.635. The average Bonchev–Trinajstić information content (AvgIpc) is 2.54. The van der Waals surface area contributed by atoms with E-state index in [9.17, 15) is 0 Å². The average molecular weight is 258 g/mol. The Morgan fingerprint density at radius 1 is 1.05 bits per heavy atom. The lowest BCUT2D eigenvalue weighted by Gasteiger charge is -2.41. The van der Waals surface area contributed by atoms with Crippen LogP contribution in [-0.2, 0) is 0 Å². The third kappa shape index (κ3) is 2.40. The first-order valence-electron chi connectivity index (χ1n) is 7.79. The van der Waals surface area contributed by atoms with Gasteiger partial charge in [-0.3, -0.25) is 0 Å². The van der Waals surface area contributed by atoms with Crippen molar-refractivity contribution in [1.29, 1.82) is 0 Å². The molecule has 1 fully saturated rings. The predicted molar refractivity (Wildman–Crippen MR) is 79.6 cm³/mol. The molecule has 3 rings (SSSR count). The molecule has 3 unspecified atom stereocenters. The highest BCUT2D eigenvalue weighted by molar-refractivity contribution is 5.39. The molecule has 1 aromatic carbocycles. The van der Waals surface area contributed by atoms with Crippen molar-refractivity contribution >= 4 is 0 Å². The fourth-order valence-electron chi connectivity index (χ4n) is 4.29. The molecule has 1 heteroatoms. The number of para-hydroxylation sites is 1. The molecule has 2 aliphatic rings. The lowest BCUT2D eigenvalue weighted by atomic mass is 9.62. The highest BCUT2D eigenvalue weighted by Crippen LogP contribution is 2.52. The second-order valence-corrected chi connectivity index (χ2v) is 7.40. The van der Waals surface area contributed by atoms with Gasteiger partial charge in [0.25, 0.3) is 0 Å². The highest BCUT2D eigenvalue weighted by atomic mass is 16.5. The summed E-state index contributed by atoms with van der Waals surface area (Å²) < 4.78 is 6.14. The molecule has 104 valence electrons. The Bertz CT molecular complexity index is 443. The van der Waals surface area contributed by atoms with Gasteiger partial charge in [0.2, 0.25) is 0 Å². The number of rotatable bonds is 0. The monoisotopic (exact) mass is 258 g/mol. The van der Waals surface area contributed by atoms with Crippen LogP contribution >= 0.6 is 0 Å². The van der Waals surface area contributed by atoms with Gasteiger partial charge in [-0.25, -0.2) is 0 Å². The number of hydrogen-bond donors (Lipinski definition) is 0. The smallest absolute Gasteiger partial charge is 0.122 e. The summed E-state index contributed by atoms with van der Waals surface area (Å²) in [5.41, 5.74) is 1.76. The number of fused-ring (bicyclic) bond motifs is 2. The Morgan fingerprint density at radius 2 is 1.79 bits per heavy atom. The molecule has 0 spiro atoms. The van der Waals surface area contributed by atoms with Crippen LogP contribution < -0.4 is 4.74 Å². The van der Waals surface area contributed by atoms with Gasteiger partial charge in [0.1, 0.15) is 5.75 Å². The molecule has 0 amide bonds. The Hall–Kier alpha value is -0.980. The van der Waals surface area contributed by atoms with Gasteiger partial charge in [0.15, 0.2) is 0 Å². The van der Waals surface area contributed by atoms with E-state index < -0.39 is 0 Å². The van der Waals surface area contributed by atoms with Crippen molar-refractivity contribution in [2.75, 3.05) is 6.61 Å². The summed E-state index contributed by atoms with van der Waals surface area (Å²) in [6.45, 7) is 8.11. The molecule has 3 atom stereocenters. The summed E-state index contributed by atoms with van der Waals surface area (Å²) >= 11 is 0. The second-order valence-electron chi connectivity index (χ2n) is 7.40. The molecule has 0 bridgehead atoms. The van der Waals surface area contributed by atoms with E-state index in [1.807, 2.05) is 0 Å². The zero-order valence-electron chi connectivity index (χ0n) is 12.5. The van der Waals surface area contributed by atoms with E-state index in [0.717, 1.165) is 24.2 Å². The van der Waals surface area contributed by atoms with Crippen LogP contribution in [0.5, 0.6) is 5.75 Å². The van der Waals surface area contributed by atoms with Gasteiger partial charge in [0.05, 0.1) is 6.61 Å². The maximum Gasteiger partial charge on any atom is 0.122 e. The van der Waals surface area contributed by atoms with Gasteiger partial charge in [-0.15, -0.1) is 0 Å². The van der Waals surface area contributed by atoms with Gasteiger partial charge >= 0.3 is 0 Å². The van der Waals surface area contributed by atoms with E-state index in [1.165, 1.54) is 31.2 Å².